The van der Waals surface area contributed by atoms with Crippen molar-refractivity contribution in [3.63, 3.8) is 0 Å². The molecule has 29 heavy (non-hydrogen) atoms. The fraction of sp³-hybridized carbons (Fsp3) is 0.0870. The lowest BCUT2D eigenvalue weighted by atomic mass is 10.0. The average Bonchev–Trinajstić information content (AvgIpc) is 3.19. The van der Waals surface area contributed by atoms with E-state index in [1.54, 1.807) is 23.3 Å². The standard InChI is InChI=1S/C23H17N5O/c1-28-14-19(12-27-28)17-7-16-8-20(24-13-22(16)26-10-17)9-23(29)18-6-15-4-2-3-5-21(15)25-11-18/h2-8,10-14H,9H2,1H3. The molecule has 1 aromatic carbocycles. The predicted octanol–water partition coefficient (Wildman–Crippen LogP) is 4.00. The van der Waals surface area contributed by atoms with Crippen LogP contribution >= 0.6 is 0 Å². The Morgan fingerprint density at radius 1 is 0.862 bits per heavy atom. The Kier molecular flexibility index (Phi) is 4.09. The first-order chi connectivity index (χ1) is 14.2. The molecule has 0 fully saturated rings. The molecule has 0 saturated carbocycles. The summed E-state index contributed by atoms with van der Waals surface area (Å²) in [6.07, 6.45) is 9.12. The third kappa shape index (κ3) is 3.36. The van der Waals surface area contributed by atoms with Crippen LogP contribution in [-0.2, 0) is 13.5 Å². The number of para-hydroxylation sites is 1. The van der Waals surface area contributed by atoms with Crippen LogP contribution in [0.2, 0.25) is 0 Å². The van der Waals surface area contributed by atoms with E-state index in [9.17, 15) is 4.79 Å². The highest BCUT2D eigenvalue weighted by Gasteiger charge is 2.11. The van der Waals surface area contributed by atoms with Crippen LogP contribution in [0.3, 0.4) is 0 Å². The number of benzene rings is 1. The maximum absolute atomic E-state index is 12.8. The van der Waals surface area contributed by atoms with Crippen LogP contribution in [-0.4, -0.2) is 30.5 Å². The fourth-order valence-corrected chi connectivity index (χ4v) is 3.39. The van der Waals surface area contributed by atoms with Crippen LogP contribution < -0.4 is 0 Å². The number of pyridine rings is 3. The molecule has 4 heterocycles. The quantitative estimate of drug-likeness (QED) is 0.441. The summed E-state index contributed by atoms with van der Waals surface area (Å²) in [6.45, 7) is 0. The van der Waals surface area contributed by atoms with Gasteiger partial charge in [-0.15, -0.1) is 0 Å². The molecule has 0 atom stereocenters. The van der Waals surface area contributed by atoms with Crippen molar-refractivity contribution in [2.45, 2.75) is 6.42 Å². The van der Waals surface area contributed by atoms with Gasteiger partial charge in [0.1, 0.15) is 0 Å². The first kappa shape index (κ1) is 17.2. The van der Waals surface area contributed by atoms with Gasteiger partial charge < -0.3 is 0 Å². The van der Waals surface area contributed by atoms with E-state index in [-0.39, 0.29) is 12.2 Å². The van der Waals surface area contributed by atoms with Crippen LogP contribution in [0.25, 0.3) is 32.9 Å². The van der Waals surface area contributed by atoms with Crippen molar-refractivity contribution < 1.29 is 4.79 Å². The van der Waals surface area contributed by atoms with Gasteiger partial charge in [-0.3, -0.25) is 24.4 Å². The lowest BCUT2D eigenvalue weighted by molar-refractivity contribution is 0.0992. The number of carbonyl (C=O) groups excluding carboxylic acids is 1. The Balaban J connectivity index is 1.45. The van der Waals surface area contributed by atoms with E-state index in [2.05, 4.69) is 20.1 Å². The van der Waals surface area contributed by atoms with Gasteiger partial charge in [-0.05, 0) is 24.3 Å². The zero-order valence-electron chi connectivity index (χ0n) is 15.8. The number of aryl methyl sites for hydroxylation is 1. The molecule has 0 aliphatic heterocycles. The summed E-state index contributed by atoms with van der Waals surface area (Å²) in [5.41, 5.74) is 4.95. The molecule has 0 spiro atoms. The number of aromatic nitrogens is 5. The van der Waals surface area contributed by atoms with E-state index in [1.165, 1.54) is 0 Å². The second kappa shape index (κ2) is 6.91. The summed E-state index contributed by atoms with van der Waals surface area (Å²) in [5, 5.41) is 6.11. The van der Waals surface area contributed by atoms with E-state index in [4.69, 9.17) is 0 Å². The van der Waals surface area contributed by atoms with E-state index in [0.29, 0.717) is 11.3 Å². The highest BCUT2D eigenvalue weighted by Crippen LogP contribution is 2.23. The Bertz CT molecular complexity index is 1370. The molecule has 6 nitrogen and oxygen atoms in total. The van der Waals surface area contributed by atoms with Gasteiger partial charge in [0.05, 0.1) is 29.8 Å². The third-order valence-corrected chi connectivity index (χ3v) is 4.92. The molecule has 6 heteroatoms. The van der Waals surface area contributed by atoms with Crippen LogP contribution in [0.1, 0.15) is 16.1 Å². The molecular weight excluding hydrogens is 362 g/mol. The molecular formula is C23H17N5O. The molecule has 4 aromatic heterocycles. The lowest BCUT2D eigenvalue weighted by Gasteiger charge is -2.05. The minimum Gasteiger partial charge on any atom is -0.294 e. The van der Waals surface area contributed by atoms with Crippen LogP contribution in [0.15, 0.2) is 73.4 Å². The van der Waals surface area contributed by atoms with Gasteiger partial charge in [-0.2, -0.15) is 5.10 Å². The number of rotatable bonds is 4. The zero-order valence-corrected chi connectivity index (χ0v) is 15.8. The van der Waals surface area contributed by atoms with Crippen molar-refractivity contribution in [2.24, 2.45) is 7.05 Å². The van der Waals surface area contributed by atoms with E-state index in [1.807, 2.05) is 61.9 Å². The van der Waals surface area contributed by atoms with Gasteiger partial charge in [0.15, 0.2) is 5.78 Å². The first-order valence-electron chi connectivity index (χ1n) is 9.27. The van der Waals surface area contributed by atoms with Crippen molar-refractivity contribution >= 4 is 27.6 Å². The second-order valence-electron chi connectivity index (χ2n) is 7.01. The monoisotopic (exact) mass is 379 g/mol. The molecule has 0 radical (unpaired) electrons. The van der Waals surface area contributed by atoms with Gasteiger partial charge in [-0.25, -0.2) is 0 Å². The molecule has 5 aromatic rings. The van der Waals surface area contributed by atoms with Gasteiger partial charge in [0, 0.05) is 58.8 Å². The highest BCUT2D eigenvalue weighted by molar-refractivity contribution is 6.00. The van der Waals surface area contributed by atoms with E-state index in [0.717, 1.165) is 32.9 Å². The van der Waals surface area contributed by atoms with Crippen molar-refractivity contribution in [3.8, 4) is 11.1 Å². The van der Waals surface area contributed by atoms with E-state index >= 15 is 0 Å². The average molecular weight is 379 g/mol. The van der Waals surface area contributed by atoms with Crippen molar-refractivity contribution in [1.82, 2.24) is 24.7 Å². The maximum atomic E-state index is 12.8. The fourth-order valence-electron chi connectivity index (χ4n) is 3.39. The van der Waals surface area contributed by atoms with Gasteiger partial charge in [-0.1, -0.05) is 18.2 Å². The summed E-state index contributed by atoms with van der Waals surface area (Å²) in [5.74, 6) is -0.00789. The van der Waals surface area contributed by atoms with Crippen molar-refractivity contribution in [1.29, 1.82) is 0 Å². The minimum atomic E-state index is -0.00789. The summed E-state index contributed by atoms with van der Waals surface area (Å²) in [4.78, 5) is 26.1. The molecule has 0 saturated heterocycles. The smallest absolute Gasteiger partial charge is 0.170 e. The first-order valence-corrected chi connectivity index (χ1v) is 9.27. The lowest BCUT2D eigenvalue weighted by Crippen LogP contribution is -2.05. The number of hydrogen-bond donors (Lipinski definition) is 0. The summed E-state index contributed by atoms with van der Waals surface area (Å²) in [6, 6.07) is 13.6. The summed E-state index contributed by atoms with van der Waals surface area (Å²) in [7, 11) is 1.88. The largest absolute Gasteiger partial charge is 0.294 e. The SMILES string of the molecule is Cn1cc(-c2cnc3cnc(CC(=O)c4cnc5ccccc5c4)cc3c2)cn1. The van der Waals surface area contributed by atoms with Gasteiger partial charge in [0.2, 0.25) is 0 Å². The van der Waals surface area contributed by atoms with E-state index < -0.39 is 0 Å². The predicted molar refractivity (Wildman–Crippen MR) is 112 cm³/mol. The van der Waals surface area contributed by atoms with Gasteiger partial charge >= 0.3 is 0 Å². The van der Waals surface area contributed by atoms with Crippen LogP contribution in [0.5, 0.6) is 0 Å². The number of ketones is 1. The summed E-state index contributed by atoms with van der Waals surface area (Å²) >= 11 is 0. The Hall–Kier alpha value is -3.93. The van der Waals surface area contributed by atoms with Gasteiger partial charge in [0.25, 0.3) is 0 Å². The molecule has 0 amide bonds. The topological polar surface area (TPSA) is 73.6 Å². The summed E-state index contributed by atoms with van der Waals surface area (Å²) < 4.78 is 1.76. The second-order valence-corrected chi connectivity index (χ2v) is 7.01. The molecule has 0 bridgehead atoms. The van der Waals surface area contributed by atoms with Crippen molar-refractivity contribution in [3.05, 3.63) is 84.7 Å². The molecule has 5 rings (SSSR count). The molecule has 140 valence electrons. The number of carbonyl (C=O) groups is 1. The normalized spacial score (nSPS) is 11.2. The Morgan fingerprint density at radius 2 is 1.72 bits per heavy atom. The number of fused-ring (bicyclic) bond motifs is 2. The number of hydrogen-bond acceptors (Lipinski definition) is 5. The maximum Gasteiger partial charge on any atom is 0.170 e. The van der Waals surface area contributed by atoms with Crippen molar-refractivity contribution in [2.75, 3.05) is 0 Å². The Labute approximate surface area is 166 Å². The third-order valence-electron chi connectivity index (χ3n) is 4.92. The molecule has 0 unspecified atom stereocenters. The highest BCUT2D eigenvalue weighted by atomic mass is 16.1. The Morgan fingerprint density at radius 3 is 2.59 bits per heavy atom. The number of nitrogens with zero attached hydrogens (tertiary/aromatic N) is 5. The molecule has 0 aliphatic carbocycles. The molecule has 0 N–H and O–H groups in total. The zero-order chi connectivity index (χ0) is 19.8. The molecule has 0 aliphatic rings. The van der Waals surface area contributed by atoms with Crippen LogP contribution in [0.4, 0.5) is 0 Å². The minimum absolute atomic E-state index is 0.00789. The number of Topliss-reactive ketones (excluding diaryl/α,β-unsaturated/α-hetero) is 1. The van der Waals surface area contributed by atoms with Crippen LogP contribution in [0, 0.1) is 0 Å².